The van der Waals surface area contributed by atoms with Gasteiger partial charge in [0.05, 0.1) is 6.54 Å². The molecule has 0 spiro atoms. The number of carbonyl (C=O) groups is 2. The Morgan fingerprint density at radius 2 is 1.85 bits per heavy atom. The maximum absolute atomic E-state index is 11.0. The second-order valence-corrected chi connectivity index (χ2v) is 3.29. The molecule has 0 atom stereocenters. The minimum absolute atomic E-state index is 0.00177. The summed E-state index contributed by atoms with van der Waals surface area (Å²) in [5, 5.41) is 2.57. The summed E-state index contributed by atoms with van der Waals surface area (Å²) in [6, 6.07) is 0. The van der Waals surface area contributed by atoms with Crippen LogP contribution in [0.5, 0.6) is 0 Å². The lowest BCUT2D eigenvalue weighted by Crippen LogP contribution is -2.27. The summed E-state index contributed by atoms with van der Waals surface area (Å²) < 4.78 is 0. The molecule has 0 fully saturated rings. The topological polar surface area (TPSA) is 46.2 Å². The van der Waals surface area contributed by atoms with Crippen LogP contribution in [0.15, 0.2) is 0 Å². The van der Waals surface area contributed by atoms with Crippen molar-refractivity contribution >= 4 is 11.7 Å². The number of hydrogen-bond acceptors (Lipinski definition) is 2. The van der Waals surface area contributed by atoms with Crippen molar-refractivity contribution in [2.45, 2.75) is 46.0 Å². The van der Waals surface area contributed by atoms with Gasteiger partial charge in [0.25, 0.3) is 0 Å². The van der Waals surface area contributed by atoms with E-state index in [-0.39, 0.29) is 18.2 Å². The molecule has 0 bridgehead atoms. The lowest BCUT2D eigenvalue weighted by atomic mass is 10.1. The van der Waals surface area contributed by atoms with Crippen LogP contribution in [0.1, 0.15) is 46.0 Å². The molecular formula is C10H19NO2. The Morgan fingerprint density at radius 3 is 2.38 bits per heavy atom. The van der Waals surface area contributed by atoms with Crippen molar-refractivity contribution in [1.82, 2.24) is 5.32 Å². The molecule has 1 amide bonds. The van der Waals surface area contributed by atoms with Crippen LogP contribution in [-0.2, 0) is 9.59 Å². The van der Waals surface area contributed by atoms with Crippen molar-refractivity contribution in [3.05, 3.63) is 0 Å². The molecule has 0 aliphatic rings. The third-order valence-corrected chi connectivity index (χ3v) is 1.79. The molecular weight excluding hydrogens is 166 g/mol. The van der Waals surface area contributed by atoms with Crippen LogP contribution >= 0.6 is 0 Å². The van der Waals surface area contributed by atoms with E-state index >= 15 is 0 Å². The molecule has 3 heteroatoms. The van der Waals surface area contributed by atoms with E-state index in [0.29, 0.717) is 6.42 Å². The van der Waals surface area contributed by atoms with E-state index in [0.717, 1.165) is 12.8 Å². The second kappa shape index (κ2) is 7.77. The first-order valence-corrected chi connectivity index (χ1v) is 4.93. The molecule has 0 saturated carbocycles. The molecule has 0 aliphatic carbocycles. The monoisotopic (exact) mass is 185 g/mol. The fourth-order valence-electron chi connectivity index (χ4n) is 1.02. The highest BCUT2D eigenvalue weighted by atomic mass is 16.2. The fraction of sp³-hybridized carbons (Fsp3) is 0.800. The zero-order chi connectivity index (χ0) is 10.1. The van der Waals surface area contributed by atoms with Gasteiger partial charge in [-0.2, -0.15) is 0 Å². The molecule has 3 nitrogen and oxygen atoms in total. The summed E-state index contributed by atoms with van der Waals surface area (Å²) in [6.07, 6.45) is 4.93. The highest BCUT2D eigenvalue weighted by molar-refractivity contribution is 5.84. The van der Waals surface area contributed by atoms with Crippen molar-refractivity contribution in [2.24, 2.45) is 0 Å². The average Bonchev–Trinajstić information content (AvgIpc) is 2.09. The van der Waals surface area contributed by atoms with Crippen molar-refractivity contribution in [1.29, 1.82) is 0 Å². The van der Waals surface area contributed by atoms with Gasteiger partial charge in [0.1, 0.15) is 5.78 Å². The Hall–Kier alpha value is -0.860. The first-order valence-electron chi connectivity index (χ1n) is 4.93. The Bertz CT molecular complexity index is 166. The van der Waals surface area contributed by atoms with E-state index in [2.05, 4.69) is 12.2 Å². The van der Waals surface area contributed by atoms with E-state index in [1.807, 2.05) is 0 Å². The van der Waals surface area contributed by atoms with Gasteiger partial charge in [-0.05, 0) is 13.3 Å². The second-order valence-electron chi connectivity index (χ2n) is 3.29. The molecule has 0 aromatic heterocycles. The number of ketones is 1. The molecule has 76 valence electrons. The lowest BCUT2D eigenvalue weighted by Gasteiger charge is -2.01. The highest BCUT2D eigenvalue weighted by Crippen LogP contribution is 2.01. The molecule has 0 heterocycles. The van der Waals surface area contributed by atoms with E-state index in [1.165, 1.54) is 19.8 Å². The number of amides is 1. The number of Topliss-reactive ketones (excluding diaryl/α,β-unsaturated/α-hetero) is 1. The summed E-state index contributed by atoms with van der Waals surface area (Å²) >= 11 is 0. The lowest BCUT2D eigenvalue weighted by molar-refractivity contribution is -0.124. The molecule has 0 aromatic carbocycles. The average molecular weight is 185 g/mol. The van der Waals surface area contributed by atoms with Gasteiger partial charge in [-0.25, -0.2) is 0 Å². The molecule has 0 radical (unpaired) electrons. The van der Waals surface area contributed by atoms with Crippen LogP contribution in [-0.4, -0.2) is 18.2 Å². The Balaban J connectivity index is 3.25. The maximum Gasteiger partial charge on any atom is 0.220 e. The number of unbranched alkanes of at least 4 members (excludes halogenated alkanes) is 3. The number of rotatable bonds is 7. The third kappa shape index (κ3) is 9.05. The molecule has 0 unspecified atom stereocenters. The fourth-order valence-corrected chi connectivity index (χ4v) is 1.02. The van der Waals surface area contributed by atoms with Crippen LogP contribution in [0.4, 0.5) is 0 Å². The Kier molecular flexibility index (Phi) is 7.26. The summed E-state index contributed by atoms with van der Waals surface area (Å²) in [6.45, 7) is 3.78. The van der Waals surface area contributed by atoms with Gasteiger partial charge in [-0.15, -0.1) is 0 Å². The van der Waals surface area contributed by atoms with E-state index in [1.54, 1.807) is 0 Å². The normalized spacial score (nSPS) is 9.69. The van der Waals surface area contributed by atoms with Crippen molar-refractivity contribution in [3.8, 4) is 0 Å². The van der Waals surface area contributed by atoms with Gasteiger partial charge < -0.3 is 5.32 Å². The Labute approximate surface area is 79.9 Å². The SMILES string of the molecule is CCCCCCC(=O)NCC(C)=O. The van der Waals surface area contributed by atoms with Crippen molar-refractivity contribution in [2.75, 3.05) is 6.54 Å². The third-order valence-electron chi connectivity index (χ3n) is 1.79. The van der Waals surface area contributed by atoms with Crippen molar-refractivity contribution in [3.63, 3.8) is 0 Å². The van der Waals surface area contributed by atoms with Crippen molar-refractivity contribution < 1.29 is 9.59 Å². The largest absolute Gasteiger partial charge is 0.349 e. The first kappa shape index (κ1) is 12.1. The smallest absolute Gasteiger partial charge is 0.220 e. The Morgan fingerprint density at radius 1 is 1.15 bits per heavy atom. The number of carbonyl (C=O) groups excluding carboxylic acids is 2. The highest BCUT2D eigenvalue weighted by Gasteiger charge is 2.00. The van der Waals surface area contributed by atoms with E-state index in [9.17, 15) is 9.59 Å². The summed E-state index contributed by atoms with van der Waals surface area (Å²) in [5.41, 5.74) is 0. The molecule has 0 aromatic rings. The van der Waals surface area contributed by atoms with E-state index < -0.39 is 0 Å². The molecule has 0 saturated heterocycles. The molecule has 13 heavy (non-hydrogen) atoms. The van der Waals surface area contributed by atoms with Gasteiger partial charge in [0, 0.05) is 6.42 Å². The van der Waals surface area contributed by atoms with Gasteiger partial charge in [-0.1, -0.05) is 26.2 Å². The van der Waals surface area contributed by atoms with E-state index in [4.69, 9.17) is 0 Å². The first-order chi connectivity index (χ1) is 6.16. The quantitative estimate of drug-likeness (QED) is 0.613. The van der Waals surface area contributed by atoms with Crippen LogP contribution in [0, 0.1) is 0 Å². The van der Waals surface area contributed by atoms with Gasteiger partial charge >= 0.3 is 0 Å². The molecule has 1 N–H and O–H groups in total. The van der Waals surface area contributed by atoms with Gasteiger partial charge in [0.15, 0.2) is 0 Å². The minimum Gasteiger partial charge on any atom is -0.349 e. The zero-order valence-corrected chi connectivity index (χ0v) is 8.56. The van der Waals surface area contributed by atoms with Crippen LogP contribution in [0.2, 0.25) is 0 Å². The zero-order valence-electron chi connectivity index (χ0n) is 8.56. The van der Waals surface area contributed by atoms with Crippen LogP contribution in [0.25, 0.3) is 0 Å². The summed E-state index contributed by atoms with van der Waals surface area (Å²) in [7, 11) is 0. The van der Waals surface area contributed by atoms with Crippen LogP contribution in [0.3, 0.4) is 0 Å². The molecule has 0 rings (SSSR count). The number of hydrogen-bond donors (Lipinski definition) is 1. The van der Waals surface area contributed by atoms with Gasteiger partial charge in [0.2, 0.25) is 5.91 Å². The summed E-state index contributed by atoms with van der Waals surface area (Å²) in [4.78, 5) is 21.6. The summed E-state index contributed by atoms with van der Waals surface area (Å²) in [5.74, 6) is -0.00629. The maximum atomic E-state index is 11.0. The van der Waals surface area contributed by atoms with Crippen LogP contribution < -0.4 is 5.32 Å². The van der Waals surface area contributed by atoms with Gasteiger partial charge in [-0.3, -0.25) is 9.59 Å². The minimum atomic E-state index is -0.00805. The standard InChI is InChI=1S/C10H19NO2/c1-3-4-5-6-7-10(13)11-8-9(2)12/h3-8H2,1-2H3,(H,11,13). The predicted octanol–water partition coefficient (Wildman–Crippen LogP) is 1.66. The molecule has 0 aliphatic heterocycles. The predicted molar refractivity (Wildman–Crippen MR) is 52.4 cm³/mol. The number of nitrogens with one attached hydrogen (secondary N) is 1.